The highest BCUT2D eigenvalue weighted by Crippen LogP contribution is 2.27. The zero-order valence-corrected chi connectivity index (χ0v) is 12.5. The summed E-state index contributed by atoms with van der Waals surface area (Å²) in [4.78, 5) is 23.2. The van der Waals surface area contributed by atoms with Crippen LogP contribution < -0.4 is 5.32 Å². The molecule has 0 aliphatic rings. The summed E-state index contributed by atoms with van der Waals surface area (Å²) in [6, 6.07) is 5.52. The molecule has 0 aliphatic carbocycles. The van der Waals surface area contributed by atoms with E-state index in [9.17, 15) is 9.59 Å². The van der Waals surface area contributed by atoms with E-state index in [-0.39, 0.29) is 5.91 Å². The molecule has 0 saturated carbocycles. The maximum absolute atomic E-state index is 12.2. The molecule has 2 aromatic rings. The monoisotopic (exact) mass is 291 g/mol. The molecule has 0 aliphatic heterocycles. The highest BCUT2D eigenvalue weighted by molar-refractivity contribution is 7.17. The van der Waals surface area contributed by atoms with Crippen LogP contribution in [0.2, 0.25) is 0 Å². The number of aryl methyl sites for hydroxylation is 1. The van der Waals surface area contributed by atoms with Gasteiger partial charge in [0.2, 0.25) is 0 Å². The molecule has 0 spiro atoms. The minimum Gasteiger partial charge on any atom is -0.481 e. The Morgan fingerprint density at radius 1 is 1.30 bits per heavy atom. The predicted octanol–water partition coefficient (Wildman–Crippen LogP) is 3.05. The van der Waals surface area contributed by atoms with E-state index < -0.39 is 17.9 Å². The Kier molecular flexibility index (Phi) is 4.09. The molecule has 2 atom stereocenters. The summed E-state index contributed by atoms with van der Waals surface area (Å²) in [7, 11) is 0. The van der Waals surface area contributed by atoms with Gasteiger partial charge >= 0.3 is 5.97 Å². The van der Waals surface area contributed by atoms with Crippen molar-refractivity contribution in [2.75, 3.05) is 0 Å². The van der Waals surface area contributed by atoms with E-state index in [1.54, 1.807) is 13.8 Å². The molecule has 1 heterocycles. The lowest BCUT2D eigenvalue weighted by molar-refractivity contribution is -0.141. The van der Waals surface area contributed by atoms with Crippen LogP contribution >= 0.6 is 11.3 Å². The maximum atomic E-state index is 12.2. The van der Waals surface area contributed by atoms with Gasteiger partial charge in [-0.1, -0.05) is 12.1 Å². The molecule has 0 fully saturated rings. The first-order chi connectivity index (χ1) is 9.40. The van der Waals surface area contributed by atoms with Gasteiger partial charge in [0.25, 0.3) is 5.91 Å². The molecule has 20 heavy (non-hydrogen) atoms. The minimum absolute atomic E-state index is 0.222. The third-order valence-electron chi connectivity index (χ3n) is 3.47. The molecule has 0 bridgehead atoms. The number of hydrogen-bond acceptors (Lipinski definition) is 3. The molecule has 4 nitrogen and oxygen atoms in total. The fraction of sp³-hybridized carbons (Fsp3) is 0.333. The first kappa shape index (κ1) is 14.5. The second-order valence-corrected chi connectivity index (χ2v) is 5.95. The Balaban J connectivity index is 2.22. The average molecular weight is 291 g/mol. The summed E-state index contributed by atoms with van der Waals surface area (Å²) in [5.41, 5.74) is 1.76. The SMILES string of the molecule is Cc1ccc2c(C(=O)NC(C)C(C)C(=O)O)csc2c1. The van der Waals surface area contributed by atoms with Gasteiger partial charge < -0.3 is 10.4 Å². The predicted molar refractivity (Wildman–Crippen MR) is 80.3 cm³/mol. The maximum Gasteiger partial charge on any atom is 0.308 e. The summed E-state index contributed by atoms with van der Waals surface area (Å²) in [5.74, 6) is -1.75. The number of carboxylic acid groups (broad SMARTS) is 1. The summed E-state index contributed by atoms with van der Waals surface area (Å²) in [5, 5.41) is 14.4. The van der Waals surface area contributed by atoms with E-state index in [1.165, 1.54) is 11.3 Å². The van der Waals surface area contributed by atoms with Crippen LogP contribution in [0.3, 0.4) is 0 Å². The standard InChI is InChI=1S/C15H17NO3S/c1-8-4-5-11-12(7-20-13(11)6-8)14(17)16-10(3)9(2)15(18)19/h4-7,9-10H,1-3H3,(H,16,17)(H,18,19). The molecule has 2 N–H and O–H groups in total. The first-order valence-corrected chi connectivity index (χ1v) is 7.29. The van der Waals surface area contributed by atoms with E-state index in [2.05, 4.69) is 5.32 Å². The van der Waals surface area contributed by atoms with Crippen molar-refractivity contribution in [3.63, 3.8) is 0 Å². The quantitative estimate of drug-likeness (QED) is 0.910. The number of nitrogens with one attached hydrogen (secondary N) is 1. The second kappa shape index (κ2) is 5.63. The third kappa shape index (κ3) is 2.82. The van der Waals surface area contributed by atoms with Gasteiger partial charge in [0.05, 0.1) is 11.5 Å². The molecule has 0 saturated heterocycles. The Morgan fingerprint density at radius 3 is 2.65 bits per heavy atom. The summed E-state index contributed by atoms with van der Waals surface area (Å²) in [6.45, 7) is 5.30. The molecule has 1 aromatic heterocycles. The molecule has 5 heteroatoms. The topological polar surface area (TPSA) is 66.4 Å². The highest BCUT2D eigenvalue weighted by Gasteiger charge is 2.22. The fourth-order valence-electron chi connectivity index (χ4n) is 1.93. The van der Waals surface area contributed by atoms with Gasteiger partial charge in [-0.2, -0.15) is 0 Å². The van der Waals surface area contributed by atoms with E-state index >= 15 is 0 Å². The Bertz CT molecular complexity index is 662. The van der Waals surface area contributed by atoms with Crippen molar-refractivity contribution in [2.45, 2.75) is 26.8 Å². The Hall–Kier alpha value is -1.88. The van der Waals surface area contributed by atoms with Gasteiger partial charge in [0, 0.05) is 21.5 Å². The molecule has 0 radical (unpaired) electrons. The zero-order chi connectivity index (χ0) is 14.9. The van der Waals surface area contributed by atoms with Crippen LogP contribution in [0.1, 0.15) is 29.8 Å². The molecular weight excluding hydrogens is 274 g/mol. The van der Waals surface area contributed by atoms with Crippen LogP contribution in [0.15, 0.2) is 23.6 Å². The van der Waals surface area contributed by atoms with Gasteiger partial charge in [-0.05, 0) is 32.4 Å². The first-order valence-electron chi connectivity index (χ1n) is 6.41. The average Bonchev–Trinajstić information content (AvgIpc) is 2.80. The van der Waals surface area contributed by atoms with Crippen LogP contribution in [0.25, 0.3) is 10.1 Å². The van der Waals surface area contributed by atoms with Crippen molar-refractivity contribution >= 4 is 33.3 Å². The van der Waals surface area contributed by atoms with Gasteiger partial charge in [-0.15, -0.1) is 11.3 Å². The number of carboxylic acids is 1. The number of aliphatic carboxylic acids is 1. The van der Waals surface area contributed by atoms with E-state index in [0.717, 1.165) is 15.6 Å². The summed E-state index contributed by atoms with van der Waals surface area (Å²) < 4.78 is 1.06. The molecule has 1 amide bonds. The van der Waals surface area contributed by atoms with E-state index in [4.69, 9.17) is 5.11 Å². The number of amides is 1. The van der Waals surface area contributed by atoms with Gasteiger partial charge in [-0.25, -0.2) is 0 Å². The third-order valence-corrected chi connectivity index (χ3v) is 4.42. The minimum atomic E-state index is -0.913. The number of benzene rings is 1. The highest BCUT2D eigenvalue weighted by atomic mass is 32.1. The molecule has 2 rings (SSSR count). The van der Waals surface area contributed by atoms with Crippen LogP contribution in [-0.2, 0) is 4.79 Å². The Labute approximate surface area is 121 Å². The molecular formula is C15H17NO3S. The van der Waals surface area contributed by atoms with Crippen LogP contribution in [0, 0.1) is 12.8 Å². The number of rotatable bonds is 4. The van der Waals surface area contributed by atoms with Gasteiger partial charge in [0.15, 0.2) is 0 Å². The van der Waals surface area contributed by atoms with Crippen molar-refractivity contribution in [3.8, 4) is 0 Å². The largest absolute Gasteiger partial charge is 0.481 e. The number of carbonyl (C=O) groups excluding carboxylic acids is 1. The van der Waals surface area contributed by atoms with Crippen molar-refractivity contribution in [1.82, 2.24) is 5.32 Å². The molecule has 1 aromatic carbocycles. The van der Waals surface area contributed by atoms with Crippen molar-refractivity contribution in [2.24, 2.45) is 5.92 Å². The zero-order valence-electron chi connectivity index (χ0n) is 11.6. The Morgan fingerprint density at radius 2 is 2.00 bits per heavy atom. The molecule has 106 valence electrons. The van der Waals surface area contributed by atoms with Crippen LogP contribution in [0.4, 0.5) is 0 Å². The lowest BCUT2D eigenvalue weighted by atomic mass is 10.0. The number of carbonyl (C=O) groups is 2. The second-order valence-electron chi connectivity index (χ2n) is 5.04. The van der Waals surface area contributed by atoms with Gasteiger partial charge in [0.1, 0.15) is 0 Å². The summed E-state index contributed by atoms with van der Waals surface area (Å²) >= 11 is 1.52. The number of thiophene rings is 1. The fourth-order valence-corrected chi connectivity index (χ4v) is 2.97. The normalized spacial score (nSPS) is 13.9. The smallest absolute Gasteiger partial charge is 0.308 e. The van der Waals surface area contributed by atoms with Crippen molar-refractivity contribution in [3.05, 3.63) is 34.7 Å². The van der Waals surface area contributed by atoms with E-state index in [0.29, 0.717) is 5.56 Å². The molecule has 2 unspecified atom stereocenters. The number of fused-ring (bicyclic) bond motifs is 1. The van der Waals surface area contributed by atoms with Crippen LogP contribution in [-0.4, -0.2) is 23.0 Å². The van der Waals surface area contributed by atoms with Crippen LogP contribution in [0.5, 0.6) is 0 Å². The summed E-state index contributed by atoms with van der Waals surface area (Å²) in [6.07, 6.45) is 0. The lowest BCUT2D eigenvalue weighted by Gasteiger charge is -2.17. The van der Waals surface area contributed by atoms with Gasteiger partial charge in [-0.3, -0.25) is 9.59 Å². The van der Waals surface area contributed by atoms with Crippen molar-refractivity contribution < 1.29 is 14.7 Å². The number of hydrogen-bond donors (Lipinski definition) is 2. The lowest BCUT2D eigenvalue weighted by Crippen LogP contribution is -2.39. The van der Waals surface area contributed by atoms with E-state index in [1.807, 2.05) is 30.5 Å². The van der Waals surface area contributed by atoms with Crippen molar-refractivity contribution in [1.29, 1.82) is 0 Å².